The van der Waals surface area contributed by atoms with E-state index in [9.17, 15) is 9.59 Å². The van der Waals surface area contributed by atoms with Crippen molar-refractivity contribution in [1.29, 1.82) is 0 Å². The quantitative estimate of drug-likeness (QED) is 0.709. The molecule has 1 fully saturated rings. The summed E-state index contributed by atoms with van der Waals surface area (Å²) in [7, 11) is 0. The van der Waals surface area contributed by atoms with Crippen molar-refractivity contribution >= 4 is 17.5 Å². The van der Waals surface area contributed by atoms with Crippen LogP contribution in [-0.2, 0) is 16.1 Å². The van der Waals surface area contributed by atoms with Gasteiger partial charge < -0.3 is 16.4 Å². The molecule has 2 rings (SSSR count). The van der Waals surface area contributed by atoms with Gasteiger partial charge in [0.2, 0.25) is 11.8 Å². The first-order valence-electron chi connectivity index (χ1n) is 9.39. The van der Waals surface area contributed by atoms with Crippen LogP contribution in [0.25, 0.3) is 0 Å². The van der Waals surface area contributed by atoms with Crippen LogP contribution in [0.3, 0.4) is 0 Å². The van der Waals surface area contributed by atoms with E-state index in [1.807, 2.05) is 38.1 Å². The van der Waals surface area contributed by atoms with Crippen molar-refractivity contribution in [1.82, 2.24) is 5.32 Å². The molecule has 5 nitrogen and oxygen atoms in total. The first-order valence-corrected chi connectivity index (χ1v) is 9.39. The molecule has 1 aliphatic carbocycles. The predicted molar refractivity (Wildman–Crippen MR) is 101 cm³/mol. The van der Waals surface area contributed by atoms with Gasteiger partial charge in [-0.25, -0.2) is 0 Å². The highest BCUT2D eigenvalue weighted by Crippen LogP contribution is 2.26. The molecule has 0 saturated heterocycles. The number of nitrogens with one attached hydrogen (secondary N) is 2. The first kappa shape index (κ1) is 19.4. The van der Waals surface area contributed by atoms with E-state index in [1.54, 1.807) is 0 Å². The van der Waals surface area contributed by atoms with E-state index < -0.39 is 6.04 Å². The van der Waals surface area contributed by atoms with Crippen LogP contribution in [0, 0.1) is 11.8 Å². The topological polar surface area (TPSA) is 84.2 Å². The van der Waals surface area contributed by atoms with Crippen molar-refractivity contribution in [3.63, 3.8) is 0 Å². The van der Waals surface area contributed by atoms with Gasteiger partial charge in [0.1, 0.15) is 0 Å². The van der Waals surface area contributed by atoms with Gasteiger partial charge in [0, 0.05) is 18.2 Å². The number of benzene rings is 1. The van der Waals surface area contributed by atoms with Gasteiger partial charge in [-0.1, -0.05) is 58.1 Å². The van der Waals surface area contributed by atoms with Gasteiger partial charge in [0.15, 0.2) is 0 Å². The number of nitrogens with two attached hydrogens (primary N) is 1. The van der Waals surface area contributed by atoms with Crippen LogP contribution in [0.15, 0.2) is 24.3 Å². The molecule has 0 spiro atoms. The summed E-state index contributed by atoms with van der Waals surface area (Å²) in [6.07, 6.45) is 7.02. The van der Waals surface area contributed by atoms with Crippen LogP contribution in [0.5, 0.6) is 0 Å². The monoisotopic (exact) mass is 345 g/mol. The van der Waals surface area contributed by atoms with Crippen LogP contribution in [0.1, 0.15) is 57.9 Å². The van der Waals surface area contributed by atoms with E-state index in [2.05, 4.69) is 10.6 Å². The Morgan fingerprint density at radius 1 is 1.08 bits per heavy atom. The summed E-state index contributed by atoms with van der Waals surface area (Å²) >= 11 is 0. The fraction of sp³-hybridized carbons (Fsp3) is 0.600. The van der Waals surface area contributed by atoms with Gasteiger partial charge in [-0.15, -0.1) is 0 Å². The highest BCUT2D eigenvalue weighted by Gasteiger charge is 2.21. The van der Waals surface area contributed by atoms with Crippen molar-refractivity contribution in [2.45, 2.75) is 65.0 Å². The number of hydrogen-bond acceptors (Lipinski definition) is 3. The SMILES string of the molecule is CC(C)C(=O)Nc1ccc(CNC(=O)C(N)CC2CCCCC2)cc1. The van der Waals surface area contributed by atoms with E-state index in [-0.39, 0.29) is 17.7 Å². The average Bonchev–Trinajstić information content (AvgIpc) is 2.61. The van der Waals surface area contributed by atoms with Crippen LogP contribution >= 0.6 is 0 Å². The lowest BCUT2D eigenvalue weighted by Gasteiger charge is -2.24. The average molecular weight is 345 g/mol. The predicted octanol–water partition coefficient (Wildman–Crippen LogP) is 3.20. The van der Waals surface area contributed by atoms with Crippen molar-refractivity contribution in [3.05, 3.63) is 29.8 Å². The van der Waals surface area contributed by atoms with Crippen molar-refractivity contribution in [2.24, 2.45) is 17.6 Å². The molecular weight excluding hydrogens is 314 g/mol. The second-order valence-electron chi connectivity index (χ2n) is 7.40. The Bertz CT molecular complexity index is 563. The molecule has 1 aromatic carbocycles. The summed E-state index contributed by atoms with van der Waals surface area (Å²) in [6.45, 7) is 4.17. The van der Waals surface area contributed by atoms with Gasteiger partial charge in [-0.2, -0.15) is 0 Å². The van der Waals surface area contributed by atoms with Gasteiger partial charge in [-0.3, -0.25) is 9.59 Å². The minimum atomic E-state index is -0.423. The van der Waals surface area contributed by atoms with Crippen LogP contribution in [-0.4, -0.2) is 17.9 Å². The van der Waals surface area contributed by atoms with Gasteiger partial charge in [0.05, 0.1) is 6.04 Å². The second-order valence-corrected chi connectivity index (χ2v) is 7.40. The fourth-order valence-corrected chi connectivity index (χ4v) is 3.20. The Hall–Kier alpha value is -1.88. The van der Waals surface area contributed by atoms with E-state index >= 15 is 0 Å². The molecule has 2 amide bonds. The highest BCUT2D eigenvalue weighted by atomic mass is 16.2. The maximum absolute atomic E-state index is 12.2. The molecule has 1 unspecified atom stereocenters. The summed E-state index contributed by atoms with van der Waals surface area (Å²) in [6, 6.07) is 7.09. The standard InChI is InChI=1S/C20H31N3O2/c1-14(2)19(24)23-17-10-8-16(9-11-17)13-22-20(25)18(21)12-15-6-4-3-5-7-15/h8-11,14-15,18H,3-7,12-13,21H2,1-2H3,(H,22,25)(H,23,24). The lowest BCUT2D eigenvalue weighted by molar-refractivity contribution is -0.123. The lowest BCUT2D eigenvalue weighted by atomic mass is 9.85. The van der Waals surface area contributed by atoms with Crippen LogP contribution in [0.2, 0.25) is 0 Å². The van der Waals surface area contributed by atoms with E-state index in [0.29, 0.717) is 12.5 Å². The Labute approximate surface area is 150 Å². The number of carbonyl (C=O) groups excluding carboxylic acids is 2. The molecule has 25 heavy (non-hydrogen) atoms. The molecule has 4 N–H and O–H groups in total. The summed E-state index contributed by atoms with van der Waals surface area (Å²) in [4.78, 5) is 23.9. The number of rotatable bonds is 7. The lowest BCUT2D eigenvalue weighted by Crippen LogP contribution is -2.41. The Morgan fingerprint density at radius 2 is 1.72 bits per heavy atom. The number of anilines is 1. The molecule has 0 aromatic heterocycles. The highest BCUT2D eigenvalue weighted by molar-refractivity contribution is 5.92. The molecule has 1 atom stereocenters. The smallest absolute Gasteiger partial charge is 0.237 e. The van der Waals surface area contributed by atoms with Crippen molar-refractivity contribution in [2.75, 3.05) is 5.32 Å². The summed E-state index contributed by atoms with van der Waals surface area (Å²) in [5, 5.41) is 5.77. The Kier molecular flexibility index (Phi) is 7.44. The minimum absolute atomic E-state index is 0.00487. The molecule has 0 heterocycles. The van der Waals surface area contributed by atoms with Gasteiger partial charge >= 0.3 is 0 Å². The molecule has 5 heteroatoms. The number of hydrogen-bond donors (Lipinski definition) is 3. The third-order valence-corrected chi connectivity index (χ3v) is 4.86. The fourth-order valence-electron chi connectivity index (χ4n) is 3.20. The zero-order chi connectivity index (χ0) is 18.2. The zero-order valence-corrected chi connectivity index (χ0v) is 15.4. The molecule has 0 aliphatic heterocycles. The Morgan fingerprint density at radius 3 is 2.32 bits per heavy atom. The van der Waals surface area contributed by atoms with Gasteiger partial charge in [0.25, 0.3) is 0 Å². The van der Waals surface area contributed by atoms with E-state index in [4.69, 9.17) is 5.73 Å². The summed E-state index contributed by atoms with van der Waals surface area (Å²) in [5.41, 5.74) is 7.81. The maximum Gasteiger partial charge on any atom is 0.237 e. The molecular formula is C20H31N3O2. The third kappa shape index (κ3) is 6.50. The second kappa shape index (κ2) is 9.56. The number of carbonyl (C=O) groups is 2. The normalized spacial score (nSPS) is 16.5. The Balaban J connectivity index is 1.76. The number of amides is 2. The van der Waals surface area contributed by atoms with Crippen LogP contribution < -0.4 is 16.4 Å². The molecule has 1 aromatic rings. The first-order chi connectivity index (χ1) is 12.0. The summed E-state index contributed by atoms with van der Waals surface area (Å²) < 4.78 is 0. The third-order valence-electron chi connectivity index (χ3n) is 4.86. The molecule has 138 valence electrons. The van der Waals surface area contributed by atoms with Crippen molar-refractivity contribution < 1.29 is 9.59 Å². The zero-order valence-electron chi connectivity index (χ0n) is 15.4. The summed E-state index contributed by atoms with van der Waals surface area (Å²) in [5.74, 6) is 0.459. The maximum atomic E-state index is 12.2. The molecule has 0 radical (unpaired) electrons. The molecule has 0 bridgehead atoms. The minimum Gasteiger partial charge on any atom is -0.351 e. The van der Waals surface area contributed by atoms with E-state index in [1.165, 1.54) is 32.1 Å². The molecule has 1 aliphatic rings. The van der Waals surface area contributed by atoms with Gasteiger partial charge in [-0.05, 0) is 30.0 Å². The molecule has 1 saturated carbocycles. The van der Waals surface area contributed by atoms with E-state index in [0.717, 1.165) is 17.7 Å². The van der Waals surface area contributed by atoms with Crippen molar-refractivity contribution in [3.8, 4) is 0 Å². The largest absolute Gasteiger partial charge is 0.351 e. The van der Waals surface area contributed by atoms with Crippen LogP contribution in [0.4, 0.5) is 5.69 Å².